The number of methoxy groups -OCH3 is 1. The lowest BCUT2D eigenvalue weighted by Gasteiger charge is -2.29. The molecule has 1 N–H and O–H groups in total. The van der Waals surface area contributed by atoms with Gasteiger partial charge in [-0.2, -0.15) is 0 Å². The lowest BCUT2D eigenvalue weighted by atomic mass is 9.82. The molecule has 0 amide bonds. The van der Waals surface area contributed by atoms with Gasteiger partial charge in [0.05, 0.1) is 28.8 Å². The van der Waals surface area contributed by atoms with Gasteiger partial charge in [-0.05, 0) is 136 Å². The number of aliphatic hydroxyl groups excluding tert-OH is 1. The van der Waals surface area contributed by atoms with E-state index in [1.807, 2.05) is 116 Å². The van der Waals surface area contributed by atoms with E-state index < -0.39 is 21.4 Å². The van der Waals surface area contributed by atoms with Gasteiger partial charge in [0.1, 0.15) is 17.4 Å². The van der Waals surface area contributed by atoms with Crippen LogP contribution in [0.1, 0.15) is 79.5 Å². The Labute approximate surface area is 352 Å². The Morgan fingerprint density at radius 2 is 1.24 bits per heavy atom. The molecule has 1 atom stereocenters. The van der Waals surface area contributed by atoms with Crippen molar-refractivity contribution in [2.45, 2.75) is 83.5 Å². The largest absolute Gasteiger partial charge is 0.510 e. The van der Waals surface area contributed by atoms with E-state index in [1.54, 1.807) is 14.0 Å². The second-order valence-electron chi connectivity index (χ2n) is 15.6. The normalized spacial score (nSPS) is 14.1. The molecular weight excluding hydrogens is 761 g/mol. The Morgan fingerprint density at radius 1 is 0.759 bits per heavy atom. The molecule has 0 saturated carbocycles. The van der Waals surface area contributed by atoms with Crippen LogP contribution in [0.15, 0.2) is 115 Å². The van der Waals surface area contributed by atoms with Crippen LogP contribution in [0.2, 0.25) is 0 Å². The molecule has 1 heterocycles. The Hall–Kier alpha value is -5.05. The van der Waals surface area contributed by atoms with Crippen LogP contribution in [0, 0.1) is 27.7 Å². The summed E-state index contributed by atoms with van der Waals surface area (Å²) >= 11 is 2.71. The molecule has 0 fully saturated rings. The van der Waals surface area contributed by atoms with Crippen molar-refractivity contribution in [2.24, 2.45) is 0 Å². The van der Waals surface area contributed by atoms with Gasteiger partial charge in [-0.3, -0.25) is 14.4 Å². The second-order valence-corrected chi connectivity index (χ2v) is 18.8. The van der Waals surface area contributed by atoms with E-state index in [4.69, 9.17) is 9.47 Å². The van der Waals surface area contributed by atoms with E-state index in [9.17, 15) is 19.5 Å². The van der Waals surface area contributed by atoms with Crippen molar-refractivity contribution in [3.05, 3.63) is 154 Å². The molecule has 0 saturated heterocycles. The number of carbonyl (C=O) groups is 3. The molecule has 6 rings (SSSR count). The van der Waals surface area contributed by atoms with Crippen LogP contribution >= 0.6 is 23.5 Å². The third-order valence-corrected chi connectivity index (χ3v) is 12.9. The Balaban J connectivity index is 0.000000240. The maximum Gasteiger partial charge on any atom is 0.321 e. The zero-order chi connectivity index (χ0) is 42.4. The fourth-order valence-corrected chi connectivity index (χ4v) is 9.26. The first-order valence-electron chi connectivity index (χ1n) is 19.5. The monoisotopic (exact) mass is 814 g/mol. The highest BCUT2D eigenvalue weighted by Crippen LogP contribution is 2.47. The van der Waals surface area contributed by atoms with Crippen LogP contribution < -0.4 is 4.74 Å². The molecule has 8 heteroatoms. The van der Waals surface area contributed by atoms with Gasteiger partial charge >= 0.3 is 5.97 Å². The summed E-state index contributed by atoms with van der Waals surface area (Å²) in [6, 6.07) is 36.3. The number of carbonyl (C=O) groups excluding carboxylic acids is 3. The van der Waals surface area contributed by atoms with Gasteiger partial charge in [0.15, 0.2) is 5.78 Å². The summed E-state index contributed by atoms with van der Waals surface area (Å²) in [4.78, 5) is 39.5. The first-order valence-corrected chi connectivity index (χ1v) is 21.3. The highest BCUT2D eigenvalue weighted by molar-refractivity contribution is 8.16. The number of esters is 1. The zero-order valence-electron chi connectivity index (χ0n) is 35.2. The van der Waals surface area contributed by atoms with E-state index >= 15 is 0 Å². The van der Waals surface area contributed by atoms with E-state index in [1.165, 1.54) is 23.5 Å². The van der Waals surface area contributed by atoms with Crippen molar-refractivity contribution >= 4 is 46.0 Å². The minimum Gasteiger partial charge on any atom is -0.510 e. The van der Waals surface area contributed by atoms with Crippen LogP contribution in [-0.4, -0.2) is 45.2 Å². The minimum absolute atomic E-state index is 0.0499. The predicted octanol–water partition coefficient (Wildman–Crippen LogP) is 12.2. The standard InChI is InChI=1S/C30H34O4S.C20H20O2S/c1-7-34-29(32)27(26-20(2)17-24(18-21(26)3)23-11-9-8-10-12-23)28(31)30(4,5)35-19-22-13-15-25(33-6)16-14-22;1-12-10-15(14-8-6-5-7-9-14)11-13(2)16(12)17-18(21)20(3,4)23-19(17)22/h8-18,27H,7,19H2,1-6H3;5-11,21H,1-4H3. The lowest BCUT2D eigenvalue weighted by Crippen LogP contribution is -2.38. The summed E-state index contributed by atoms with van der Waals surface area (Å²) < 4.78 is 9.28. The third kappa shape index (κ3) is 9.96. The predicted molar refractivity (Wildman–Crippen MR) is 242 cm³/mol. The average molecular weight is 815 g/mol. The van der Waals surface area contributed by atoms with Gasteiger partial charge < -0.3 is 14.6 Å². The average Bonchev–Trinajstić information content (AvgIpc) is 3.40. The van der Waals surface area contributed by atoms with Crippen molar-refractivity contribution in [3.8, 4) is 28.0 Å². The molecule has 0 aliphatic carbocycles. The SMILES string of the molecule is CCOC(=O)C(C(=O)C(C)(C)SCc1ccc(OC)cc1)c1c(C)cc(-c2ccccc2)cc1C.Cc1cc(-c2ccccc2)cc(C)c1C1=C(O)C(C)(C)SC1=O. The highest BCUT2D eigenvalue weighted by atomic mass is 32.2. The molecule has 0 radical (unpaired) electrons. The number of aryl methyl sites for hydroxylation is 4. The van der Waals surface area contributed by atoms with Crippen LogP contribution in [0.4, 0.5) is 0 Å². The summed E-state index contributed by atoms with van der Waals surface area (Å²) in [5, 5.41) is 10.5. The van der Waals surface area contributed by atoms with Gasteiger partial charge in [-0.15, -0.1) is 11.8 Å². The number of thioether (sulfide) groups is 2. The quantitative estimate of drug-likeness (QED) is 0.0984. The summed E-state index contributed by atoms with van der Waals surface area (Å²) in [7, 11) is 1.64. The van der Waals surface area contributed by atoms with E-state index in [2.05, 4.69) is 48.5 Å². The van der Waals surface area contributed by atoms with Crippen molar-refractivity contribution < 1.29 is 29.0 Å². The Kier molecular flexibility index (Phi) is 14.2. The number of aliphatic hydroxyl groups is 1. The molecule has 0 aromatic heterocycles. The number of benzene rings is 5. The fourth-order valence-electron chi connectivity index (χ4n) is 7.32. The molecule has 0 bridgehead atoms. The molecule has 6 nitrogen and oxygen atoms in total. The van der Waals surface area contributed by atoms with E-state index in [0.29, 0.717) is 11.3 Å². The summed E-state index contributed by atoms with van der Waals surface area (Å²) in [5.41, 5.74) is 11.4. The first kappa shape index (κ1) is 44.1. The van der Waals surface area contributed by atoms with E-state index in [0.717, 1.165) is 66.9 Å². The number of ketones is 1. The number of hydrogen-bond acceptors (Lipinski definition) is 8. The molecule has 1 aliphatic rings. The smallest absolute Gasteiger partial charge is 0.321 e. The topological polar surface area (TPSA) is 89.9 Å². The molecule has 1 aliphatic heterocycles. The van der Waals surface area contributed by atoms with E-state index in [-0.39, 0.29) is 23.3 Å². The Bertz CT molecular complexity index is 2260. The van der Waals surface area contributed by atoms with Gasteiger partial charge in [-0.25, -0.2) is 0 Å². The van der Waals surface area contributed by atoms with Crippen LogP contribution in [-0.2, 0) is 24.9 Å². The van der Waals surface area contributed by atoms with Crippen molar-refractivity contribution in [2.75, 3.05) is 13.7 Å². The van der Waals surface area contributed by atoms with Gasteiger partial charge in [-0.1, -0.05) is 109 Å². The molecule has 58 heavy (non-hydrogen) atoms. The molecule has 0 spiro atoms. The molecule has 5 aromatic rings. The maximum absolute atomic E-state index is 13.9. The van der Waals surface area contributed by atoms with Crippen molar-refractivity contribution in [3.63, 3.8) is 0 Å². The summed E-state index contributed by atoms with van der Waals surface area (Å²) in [6.45, 7) is 17.4. The summed E-state index contributed by atoms with van der Waals surface area (Å²) in [5.74, 6) is 0.0106. The molecule has 302 valence electrons. The third-order valence-electron chi connectivity index (χ3n) is 10.4. The highest BCUT2D eigenvalue weighted by Gasteiger charge is 2.42. The lowest BCUT2D eigenvalue weighted by molar-refractivity contribution is -0.148. The van der Waals surface area contributed by atoms with Gasteiger partial charge in [0, 0.05) is 5.75 Å². The van der Waals surface area contributed by atoms with Gasteiger partial charge in [0.2, 0.25) is 5.12 Å². The number of rotatable bonds is 12. The first-order chi connectivity index (χ1) is 27.5. The van der Waals surface area contributed by atoms with Crippen molar-refractivity contribution in [1.29, 1.82) is 0 Å². The van der Waals surface area contributed by atoms with Crippen LogP contribution in [0.25, 0.3) is 27.8 Å². The zero-order valence-corrected chi connectivity index (χ0v) is 36.8. The van der Waals surface area contributed by atoms with Crippen LogP contribution in [0.5, 0.6) is 5.75 Å². The number of Topliss-reactive ketones (excluding diaryl/α,β-unsaturated/α-hetero) is 1. The number of hydrogen-bond donors (Lipinski definition) is 1. The fraction of sp³-hybridized carbons (Fsp3) is 0.300. The Morgan fingerprint density at radius 3 is 1.67 bits per heavy atom. The van der Waals surface area contributed by atoms with Gasteiger partial charge in [0.25, 0.3) is 0 Å². The van der Waals surface area contributed by atoms with Crippen LogP contribution in [0.3, 0.4) is 0 Å². The minimum atomic E-state index is -0.974. The molecule has 5 aromatic carbocycles. The van der Waals surface area contributed by atoms with Crippen molar-refractivity contribution in [1.82, 2.24) is 0 Å². The second kappa shape index (κ2) is 18.7. The number of ether oxygens (including phenoxy) is 2. The maximum atomic E-state index is 13.9. The molecule has 1 unspecified atom stereocenters. The summed E-state index contributed by atoms with van der Waals surface area (Å²) in [6.07, 6.45) is 0. The molecular formula is C50H54O6S2.